The highest BCUT2D eigenvalue weighted by Crippen LogP contribution is 2.23. The van der Waals surface area contributed by atoms with Crippen LogP contribution in [0.4, 0.5) is 4.39 Å². The molecule has 2 heteroatoms. The van der Waals surface area contributed by atoms with Crippen LogP contribution in [0.1, 0.15) is 21.5 Å². The van der Waals surface area contributed by atoms with Crippen molar-refractivity contribution >= 4 is 16.6 Å². The third kappa shape index (κ3) is 2.10. The summed E-state index contributed by atoms with van der Waals surface area (Å²) in [6, 6.07) is 17.7. The van der Waals surface area contributed by atoms with Crippen molar-refractivity contribution in [1.29, 1.82) is 0 Å². The minimum Gasteiger partial charge on any atom is -0.289 e. The normalized spacial score (nSPS) is 10.7. The average molecular weight is 264 g/mol. The van der Waals surface area contributed by atoms with Crippen LogP contribution in [0.3, 0.4) is 0 Å². The van der Waals surface area contributed by atoms with E-state index in [1.54, 1.807) is 13.0 Å². The molecule has 0 saturated carbocycles. The highest BCUT2D eigenvalue weighted by Gasteiger charge is 2.14. The number of rotatable bonds is 2. The van der Waals surface area contributed by atoms with Gasteiger partial charge in [0.25, 0.3) is 0 Å². The number of halogens is 1. The molecule has 0 unspecified atom stereocenters. The lowest BCUT2D eigenvalue weighted by molar-refractivity contribution is 0.103. The maximum Gasteiger partial charge on any atom is 0.193 e. The Balaban J connectivity index is 2.18. The lowest BCUT2D eigenvalue weighted by atomic mass is 9.95. The molecule has 0 spiro atoms. The summed E-state index contributed by atoms with van der Waals surface area (Å²) in [4.78, 5) is 12.7. The summed E-state index contributed by atoms with van der Waals surface area (Å²) in [6.45, 7) is 1.75. The quantitative estimate of drug-likeness (QED) is 0.622. The van der Waals surface area contributed by atoms with E-state index in [0.717, 1.165) is 10.8 Å². The molecule has 98 valence electrons. The van der Waals surface area contributed by atoms with E-state index in [9.17, 15) is 9.18 Å². The number of hydrogen-bond acceptors (Lipinski definition) is 1. The Morgan fingerprint density at radius 1 is 0.900 bits per heavy atom. The molecule has 0 aliphatic carbocycles. The Labute approximate surface area is 116 Å². The van der Waals surface area contributed by atoms with E-state index in [4.69, 9.17) is 0 Å². The van der Waals surface area contributed by atoms with Gasteiger partial charge in [-0.15, -0.1) is 0 Å². The van der Waals surface area contributed by atoms with E-state index in [1.807, 2.05) is 42.5 Å². The van der Waals surface area contributed by atoms with Gasteiger partial charge in [-0.2, -0.15) is 0 Å². The van der Waals surface area contributed by atoms with Gasteiger partial charge in [-0.3, -0.25) is 4.79 Å². The van der Waals surface area contributed by atoms with Crippen molar-refractivity contribution in [2.75, 3.05) is 0 Å². The van der Waals surface area contributed by atoms with Crippen molar-refractivity contribution in [1.82, 2.24) is 0 Å². The van der Waals surface area contributed by atoms with Gasteiger partial charge >= 0.3 is 0 Å². The van der Waals surface area contributed by atoms with Gasteiger partial charge in [0.1, 0.15) is 5.82 Å². The highest BCUT2D eigenvalue weighted by molar-refractivity contribution is 6.16. The molecular weight excluding hydrogens is 251 g/mol. The molecule has 20 heavy (non-hydrogen) atoms. The summed E-state index contributed by atoms with van der Waals surface area (Å²) in [5.74, 6) is -0.392. The lowest BCUT2D eigenvalue weighted by Crippen LogP contribution is -2.04. The first-order valence-corrected chi connectivity index (χ1v) is 6.45. The van der Waals surface area contributed by atoms with Crippen LogP contribution in [-0.4, -0.2) is 5.78 Å². The molecule has 0 aromatic heterocycles. The van der Waals surface area contributed by atoms with Gasteiger partial charge < -0.3 is 0 Å². The van der Waals surface area contributed by atoms with Crippen LogP contribution in [0.15, 0.2) is 60.7 Å². The minimum absolute atomic E-state index is 0.0701. The Hall–Kier alpha value is -2.48. The molecular formula is C18H13FO. The largest absolute Gasteiger partial charge is 0.289 e. The van der Waals surface area contributed by atoms with E-state index in [2.05, 4.69) is 0 Å². The van der Waals surface area contributed by atoms with Crippen molar-refractivity contribution in [3.63, 3.8) is 0 Å². The lowest BCUT2D eigenvalue weighted by Gasteiger charge is -2.08. The number of carbonyl (C=O) groups is 1. The fourth-order valence-corrected chi connectivity index (χ4v) is 2.45. The molecule has 1 nitrogen and oxygen atoms in total. The molecule has 0 aliphatic rings. The zero-order chi connectivity index (χ0) is 14.1. The Kier molecular flexibility index (Phi) is 3.07. The molecule has 3 rings (SSSR count). The molecule has 0 atom stereocenters. The average Bonchev–Trinajstić information content (AvgIpc) is 2.46. The van der Waals surface area contributed by atoms with Crippen LogP contribution in [0.2, 0.25) is 0 Å². The van der Waals surface area contributed by atoms with Gasteiger partial charge in [0.15, 0.2) is 5.78 Å². The number of aryl methyl sites for hydroxylation is 1. The SMILES string of the molecule is Cc1cc(F)ccc1C(=O)c1cccc2ccccc12. The molecule has 0 fully saturated rings. The first-order chi connectivity index (χ1) is 9.66. The van der Waals surface area contributed by atoms with Gasteiger partial charge in [-0.1, -0.05) is 42.5 Å². The fraction of sp³-hybridized carbons (Fsp3) is 0.0556. The van der Waals surface area contributed by atoms with E-state index in [1.165, 1.54) is 12.1 Å². The van der Waals surface area contributed by atoms with Gasteiger partial charge in [0.05, 0.1) is 0 Å². The predicted molar refractivity (Wildman–Crippen MR) is 78.5 cm³/mol. The van der Waals surface area contributed by atoms with Crippen LogP contribution in [0, 0.1) is 12.7 Å². The topological polar surface area (TPSA) is 17.1 Å². The molecule has 3 aromatic rings. The van der Waals surface area contributed by atoms with Crippen molar-refractivity contribution in [2.24, 2.45) is 0 Å². The number of hydrogen-bond donors (Lipinski definition) is 0. The monoisotopic (exact) mass is 264 g/mol. The molecule has 0 saturated heterocycles. The van der Waals surface area contributed by atoms with Gasteiger partial charge in [0, 0.05) is 11.1 Å². The summed E-state index contributed by atoms with van der Waals surface area (Å²) in [6.07, 6.45) is 0. The van der Waals surface area contributed by atoms with Crippen molar-refractivity contribution in [3.8, 4) is 0 Å². The van der Waals surface area contributed by atoms with Crippen LogP contribution < -0.4 is 0 Å². The van der Waals surface area contributed by atoms with E-state index < -0.39 is 0 Å². The Morgan fingerprint density at radius 3 is 2.45 bits per heavy atom. The van der Waals surface area contributed by atoms with Crippen LogP contribution >= 0.6 is 0 Å². The minimum atomic E-state index is -0.322. The third-order valence-electron chi connectivity index (χ3n) is 3.47. The number of fused-ring (bicyclic) bond motifs is 1. The molecule has 3 aromatic carbocycles. The second-order valence-electron chi connectivity index (χ2n) is 4.82. The molecule has 0 aliphatic heterocycles. The van der Waals surface area contributed by atoms with Crippen molar-refractivity contribution < 1.29 is 9.18 Å². The number of benzene rings is 3. The molecule has 0 bridgehead atoms. The highest BCUT2D eigenvalue weighted by atomic mass is 19.1. The van der Waals surface area contributed by atoms with Gasteiger partial charge in [-0.05, 0) is 41.5 Å². The first kappa shape index (κ1) is 12.5. The van der Waals surface area contributed by atoms with Gasteiger partial charge in [-0.25, -0.2) is 4.39 Å². The predicted octanol–water partition coefficient (Wildman–Crippen LogP) is 4.52. The van der Waals surface area contributed by atoms with Crippen LogP contribution in [0.25, 0.3) is 10.8 Å². The summed E-state index contributed by atoms with van der Waals surface area (Å²) in [7, 11) is 0. The first-order valence-electron chi connectivity index (χ1n) is 6.45. The van der Waals surface area contributed by atoms with Gasteiger partial charge in [0.2, 0.25) is 0 Å². The van der Waals surface area contributed by atoms with Crippen LogP contribution in [0.5, 0.6) is 0 Å². The summed E-state index contributed by atoms with van der Waals surface area (Å²) >= 11 is 0. The fourth-order valence-electron chi connectivity index (χ4n) is 2.45. The Bertz CT molecular complexity index is 800. The van der Waals surface area contributed by atoms with Crippen molar-refractivity contribution in [2.45, 2.75) is 6.92 Å². The van der Waals surface area contributed by atoms with E-state index in [0.29, 0.717) is 16.7 Å². The second kappa shape index (κ2) is 4.89. The zero-order valence-electron chi connectivity index (χ0n) is 11.1. The smallest absolute Gasteiger partial charge is 0.193 e. The maximum absolute atomic E-state index is 13.2. The maximum atomic E-state index is 13.2. The standard InChI is InChI=1S/C18H13FO/c1-12-11-14(19)9-10-15(12)18(20)17-8-4-6-13-5-2-3-7-16(13)17/h2-11H,1H3. The molecule has 0 heterocycles. The number of carbonyl (C=O) groups excluding carboxylic acids is 1. The zero-order valence-corrected chi connectivity index (χ0v) is 11.1. The van der Waals surface area contributed by atoms with Crippen LogP contribution in [-0.2, 0) is 0 Å². The molecule has 0 N–H and O–H groups in total. The molecule has 0 radical (unpaired) electrons. The summed E-state index contributed by atoms with van der Waals surface area (Å²) in [5.41, 5.74) is 1.85. The third-order valence-corrected chi connectivity index (χ3v) is 3.47. The number of ketones is 1. The summed E-state index contributed by atoms with van der Waals surface area (Å²) < 4.78 is 13.2. The van der Waals surface area contributed by atoms with E-state index >= 15 is 0 Å². The summed E-state index contributed by atoms with van der Waals surface area (Å²) in [5, 5.41) is 1.95. The second-order valence-corrected chi connectivity index (χ2v) is 4.82. The molecule has 0 amide bonds. The Morgan fingerprint density at radius 2 is 1.65 bits per heavy atom. The van der Waals surface area contributed by atoms with E-state index in [-0.39, 0.29) is 11.6 Å². The van der Waals surface area contributed by atoms with Crippen molar-refractivity contribution in [3.05, 3.63) is 83.2 Å².